The molecule has 1 rings (SSSR count). The Morgan fingerprint density at radius 2 is 2.20 bits per heavy atom. The van der Waals surface area contributed by atoms with Crippen LogP contribution in [0, 0.1) is 10.1 Å². The largest absolute Gasteiger partial charge is 0.444 e. The molecular weight excluding hydrogens is 278 g/mol. The average molecular weight is 292 g/mol. The van der Waals surface area contributed by atoms with Crippen molar-refractivity contribution >= 4 is 17.7 Å². The van der Waals surface area contributed by atoms with E-state index in [4.69, 9.17) is 4.74 Å². The molecule has 1 aromatic heterocycles. The lowest BCUT2D eigenvalue weighted by Crippen LogP contribution is -2.27. The van der Waals surface area contributed by atoms with E-state index < -0.39 is 35.4 Å². The standard InChI is InChI=1S/C10H14F2N4O4/c1-10(2,3)20-9(17)13-7-4-8(16(18)19)15(14-7)5-6(11)12/h4,6H,5H2,1-3H3,(H,13,14,17). The first kappa shape index (κ1) is 15.8. The van der Waals surface area contributed by atoms with Crippen molar-refractivity contribution in [3.63, 3.8) is 0 Å². The summed E-state index contributed by atoms with van der Waals surface area (Å²) in [4.78, 5) is 21.3. The van der Waals surface area contributed by atoms with Gasteiger partial charge in [0.15, 0.2) is 12.4 Å². The third-order valence-electron chi connectivity index (χ3n) is 1.89. The van der Waals surface area contributed by atoms with E-state index in [1.807, 2.05) is 0 Å². The smallest absolute Gasteiger partial charge is 0.413 e. The van der Waals surface area contributed by atoms with Gasteiger partial charge in [-0.25, -0.2) is 13.6 Å². The number of hydrogen-bond acceptors (Lipinski definition) is 5. The second kappa shape index (κ2) is 5.80. The van der Waals surface area contributed by atoms with Crippen molar-refractivity contribution in [1.29, 1.82) is 0 Å². The molecule has 0 fully saturated rings. The monoisotopic (exact) mass is 292 g/mol. The highest BCUT2D eigenvalue weighted by atomic mass is 19.3. The normalized spacial score (nSPS) is 11.5. The molecule has 0 aliphatic rings. The van der Waals surface area contributed by atoms with Gasteiger partial charge in [-0.3, -0.25) is 5.32 Å². The van der Waals surface area contributed by atoms with Gasteiger partial charge in [0.2, 0.25) is 0 Å². The van der Waals surface area contributed by atoms with Gasteiger partial charge in [0.05, 0.1) is 6.07 Å². The molecule has 1 heterocycles. The summed E-state index contributed by atoms with van der Waals surface area (Å²) < 4.78 is 30.0. The van der Waals surface area contributed by atoms with Crippen LogP contribution in [0.1, 0.15) is 20.8 Å². The quantitative estimate of drug-likeness (QED) is 0.678. The van der Waals surface area contributed by atoms with Crippen LogP contribution in [0.25, 0.3) is 0 Å². The third kappa shape index (κ3) is 4.78. The fourth-order valence-corrected chi connectivity index (χ4v) is 1.29. The molecule has 0 saturated carbocycles. The summed E-state index contributed by atoms with van der Waals surface area (Å²) >= 11 is 0. The lowest BCUT2D eigenvalue weighted by Gasteiger charge is -2.18. The number of amides is 1. The molecule has 0 spiro atoms. The van der Waals surface area contributed by atoms with Gasteiger partial charge in [-0.2, -0.15) is 0 Å². The highest BCUT2D eigenvalue weighted by Gasteiger charge is 2.24. The molecule has 8 nitrogen and oxygen atoms in total. The van der Waals surface area contributed by atoms with Crippen LogP contribution < -0.4 is 5.32 Å². The SMILES string of the molecule is CC(C)(C)OC(=O)Nc1cc([N+](=O)[O-])n(CC(F)F)n1. The number of carbonyl (C=O) groups is 1. The molecule has 0 aliphatic carbocycles. The van der Waals surface area contributed by atoms with E-state index in [9.17, 15) is 23.7 Å². The molecular formula is C10H14F2N4O4. The molecule has 0 atom stereocenters. The molecule has 0 bridgehead atoms. The fourth-order valence-electron chi connectivity index (χ4n) is 1.29. The number of ether oxygens (including phenoxy) is 1. The van der Waals surface area contributed by atoms with Gasteiger partial charge in [-0.1, -0.05) is 5.10 Å². The third-order valence-corrected chi connectivity index (χ3v) is 1.89. The molecule has 20 heavy (non-hydrogen) atoms. The van der Waals surface area contributed by atoms with Crippen LogP contribution >= 0.6 is 0 Å². The summed E-state index contributed by atoms with van der Waals surface area (Å²) in [7, 11) is 0. The van der Waals surface area contributed by atoms with Crippen molar-refractivity contribution in [3.8, 4) is 0 Å². The summed E-state index contributed by atoms with van der Waals surface area (Å²) in [5.41, 5.74) is -0.762. The second-order valence-corrected chi connectivity index (χ2v) is 4.84. The van der Waals surface area contributed by atoms with Crippen molar-refractivity contribution < 1.29 is 23.2 Å². The average Bonchev–Trinajstić information content (AvgIpc) is 2.56. The molecule has 0 aromatic carbocycles. The minimum Gasteiger partial charge on any atom is -0.444 e. The first-order valence-electron chi connectivity index (χ1n) is 5.59. The zero-order valence-corrected chi connectivity index (χ0v) is 11.1. The summed E-state index contributed by atoms with van der Waals surface area (Å²) in [6.45, 7) is 3.95. The predicted molar refractivity (Wildman–Crippen MR) is 64.7 cm³/mol. The Hall–Kier alpha value is -2.26. The van der Waals surface area contributed by atoms with Crippen LogP contribution in [0.4, 0.5) is 25.2 Å². The van der Waals surface area contributed by atoms with Crippen molar-refractivity contribution in [1.82, 2.24) is 9.78 Å². The number of halogens is 2. The Bertz CT molecular complexity index is 510. The number of rotatable bonds is 4. The summed E-state index contributed by atoms with van der Waals surface area (Å²) in [5.74, 6) is -0.872. The molecule has 10 heteroatoms. The van der Waals surface area contributed by atoms with E-state index in [-0.39, 0.29) is 5.82 Å². The summed E-state index contributed by atoms with van der Waals surface area (Å²) in [6.07, 6.45) is -3.68. The number of aromatic nitrogens is 2. The zero-order chi connectivity index (χ0) is 15.5. The highest BCUT2D eigenvalue weighted by molar-refractivity contribution is 5.83. The van der Waals surface area contributed by atoms with Crippen molar-refractivity contribution in [3.05, 3.63) is 16.2 Å². The van der Waals surface area contributed by atoms with Crippen LogP contribution in [0.3, 0.4) is 0 Å². The highest BCUT2D eigenvalue weighted by Crippen LogP contribution is 2.19. The number of carbonyl (C=O) groups excluding carboxylic acids is 1. The van der Waals surface area contributed by atoms with Crippen LogP contribution in [-0.4, -0.2) is 32.8 Å². The molecule has 1 aromatic rings. The zero-order valence-electron chi connectivity index (χ0n) is 11.1. The Morgan fingerprint density at radius 1 is 1.60 bits per heavy atom. The number of nitrogens with zero attached hydrogens (tertiary/aromatic N) is 3. The summed E-state index contributed by atoms with van der Waals surface area (Å²) in [6, 6.07) is 0.881. The second-order valence-electron chi connectivity index (χ2n) is 4.84. The van der Waals surface area contributed by atoms with Crippen LogP contribution in [0.5, 0.6) is 0 Å². The van der Waals surface area contributed by atoms with Gasteiger partial charge in [0.1, 0.15) is 5.60 Å². The number of nitro groups is 1. The Kier molecular flexibility index (Phi) is 4.58. The van der Waals surface area contributed by atoms with Gasteiger partial charge in [-0.15, -0.1) is 4.68 Å². The topological polar surface area (TPSA) is 99.3 Å². The summed E-state index contributed by atoms with van der Waals surface area (Å²) in [5, 5.41) is 16.4. The van der Waals surface area contributed by atoms with Gasteiger partial charge >= 0.3 is 11.9 Å². The minimum absolute atomic E-state index is 0.230. The fraction of sp³-hybridized carbons (Fsp3) is 0.600. The van der Waals surface area contributed by atoms with Crippen LogP contribution in [0.15, 0.2) is 6.07 Å². The Labute approximate surface area is 112 Å². The minimum atomic E-state index is -2.80. The van der Waals surface area contributed by atoms with Crippen molar-refractivity contribution in [2.75, 3.05) is 5.32 Å². The lowest BCUT2D eigenvalue weighted by atomic mass is 10.2. The van der Waals surface area contributed by atoms with Crippen molar-refractivity contribution in [2.24, 2.45) is 0 Å². The predicted octanol–water partition coefficient (Wildman–Crippen LogP) is 2.40. The Morgan fingerprint density at radius 3 is 2.65 bits per heavy atom. The maximum atomic E-state index is 12.3. The molecule has 0 radical (unpaired) electrons. The molecule has 0 unspecified atom stereocenters. The molecule has 1 N–H and O–H groups in total. The number of nitrogens with one attached hydrogen (secondary N) is 1. The molecule has 0 saturated heterocycles. The van der Waals surface area contributed by atoms with Gasteiger partial charge < -0.3 is 14.9 Å². The molecule has 1 amide bonds. The van der Waals surface area contributed by atoms with E-state index in [0.717, 1.165) is 6.07 Å². The van der Waals surface area contributed by atoms with E-state index in [2.05, 4.69) is 10.4 Å². The van der Waals surface area contributed by atoms with Crippen molar-refractivity contribution in [2.45, 2.75) is 39.3 Å². The van der Waals surface area contributed by atoms with Crippen LogP contribution in [0.2, 0.25) is 0 Å². The maximum Gasteiger partial charge on any atom is 0.413 e. The van der Waals surface area contributed by atoms with E-state index >= 15 is 0 Å². The molecule has 112 valence electrons. The first-order chi connectivity index (χ1) is 9.08. The number of alkyl halides is 2. The first-order valence-corrected chi connectivity index (χ1v) is 5.59. The van der Waals surface area contributed by atoms with Crippen LogP contribution in [-0.2, 0) is 11.3 Å². The van der Waals surface area contributed by atoms with E-state index in [1.54, 1.807) is 20.8 Å². The molecule has 0 aliphatic heterocycles. The van der Waals surface area contributed by atoms with Gasteiger partial charge in [0.25, 0.3) is 6.43 Å². The Balaban J connectivity index is 2.86. The number of hydrogen-bond donors (Lipinski definition) is 1. The van der Waals surface area contributed by atoms with Gasteiger partial charge in [0, 0.05) is 0 Å². The maximum absolute atomic E-state index is 12.3. The number of anilines is 1. The van der Waals surface area contributed by atoms with E-state index in [0.29, 0.717) is 4.68 Å². The lowest BCUT2D eigenvalue weighted by molar-refractivity contribution is -0.393. The van der Waals surface area contributed by atoms with E-state index in [1.165, 1.54) is 0 Å². The van der Waals surface area contributed by atoms with Gasteiger partial charge in [-0.05, 0) is 25.7 Å².